The Balaban J connectivity index is 1.94. The van der Waals surface area contributed by atoms with E-state index in [0.29, 0.717) is 6.42 Å². The molecule has 0 radical (unpaired) electrons. The number of amides is 1. The van der Waals surface area contributed by atoms with Gasteiger partial charge in [0.1, 0.15) is 0 Å². The monoisotopic (exact) mass is 290 g/mol. The fourth-order valence-corrected chi connectivity index (χ4v) is 2.67. The average Bonchev–Trinajstić information content (AvgIpc) is 2.81. The van der Waals surface area contributed by atoms with Crippen molar-refractivity contribution in [1.82, 2.24) is 5.32 Å². The highest BCUT2D eigenvalue weighted by Crippen LogP contribution is 2.33. The van der Waals surface area contributed by atoms with Gasteiger partial charge in [-0.3, -0.25) is 9.59 Å². The molecule has 5 heteroatoms. The molecule has 2 atom stereocenters. The van der Waals surface area contributed by atoms with Gasteiger partial charge >= 0.3 is 5.97 Å². The molecule has 1 heterocycles. The maximum absolute atomic E-state index is 12.2. The molecule has 0 aliphatic carbocycles. The van der Waals surface area contributed by atoms with Crippen molar-refractivity contribution >= 4 is 17.6 Å². The van der Waals surface area contributed by atoms with E-state index in [9.17, 15) is 9.59 Å². The van der Waals surface area contributed by atoms with E-state index < -0.39 is 5.97 Å². The lowest BCUT2D eigenvalue weighted by Gasteiger charge is -2.21. The van der Waals surface area contributed by atoms with Crippen molar-refractivity contribution < 1.29 is 14.7 Å². The topological polar surface area (TPSA) is 78.4 Å². The van der Waals surface area contributed by atoms with Gasteiger partial charge in [-0.25, -0.2) is 0 Å². The highest BCUT2D eigenvalue weighted by atomic mass is 16.4. The lowest BCUT2D eigenvalue weighted by Crippen LogP contribution is -2.40. The van der Waals surface area contributed by atoms with Crippen LogP contribution in [0.15, 0.2) is 24.3 Å². The summed E-state index contributed by atoms with van der Waals surface area (Å²) in [6.07, 6.45) is 0.343. The van der Waals surface area contributed by atoms with E-state index in [1.807, 2.05) is 38.1 Å². The molecule has 0 spiro atoms. The molecule has 2 unspecified atom stereocenters. The van der Waals surface area contributed by atoms with Gasteiger partial charge in [-0.1, -0.05) is 32.0 Å². The standard InChI is InChI=1S/C16H22N2O3/c1-10(2)14(8-16(20)21)18-15(19)7-11-9-17-13-6-4-3-5-12(11)13/h3-6,10-11,14,17H,7-9H2,1-2H3,(H,18,19)(H,20,21). The van der Waals surface area contributed by atoms with Crippen LogP contribution in [0.1, 0.15) is 38.2 Å². The number of carbonyl (C=O) groups excluding carboxylic acids is 1. The zero-order chi connectivity index (χ0) is 15.4. The fraction of sp³-hybridized carbons (Fsp3) is 0.500. The van der Waals surface area contributed by atoms with Crippen molar-refractivity contribution in [2.24, 2.45) is 5.92 Å². The van der Waals surface area contributed by atoms with E-state index >= 15 is 0 Å². The highest BCUT2D eigenvalue weighted by molar-refractivity contribution is 5.79. The summed E-state index contributed by atoms with van der Waals surface area (Å²) < 4.78 is 0. The Kier molecular flexibility index (Phi) is 4.83. The minimum absolute atomic E-state index is 0.0388. The number of anilines is 1. The summed E-state index contributed by atoms with van der Waals surface area (Å²) in [5.74, 6) is -0.724. The van der Waals surface area contributed by atoms with Gasteiger partial charge in [0.15, 0.2) is 0 Å². The molecule has 2 rings (SSSR count). The molecule has 1 aliphatic rings. The van der Waals surface area contributed by atoms with E-state index in [-0.39, 0.29) is 30.2 Å². The third kappa shape index (κ3) is 3.97. The fourth-order valence-electron chi connectivity index (χ4n) is 2.67. The van der Waals surface area contributed by atoms with E-state index in [2.05, 4.69) is 10.6 Å². The number of hydrogen-bond acceptors (Lipinski definition) is 3. The van der Waals surface area contributed by atoms with Gasteiger partial charge in [-0.15, -0.1) is 0 Å². The minimum atomic E-state index is -0.887. The van der Waals surface area contributed by atoms with Crippen molar-refractivity contribution in [3.63, 3.8) is 0 Å². The van der Waals surface area contributed by atoms with Crippen LogP contribution in [0.2, 0.25) is 0 Å². The summed E-state index contributed by atoms with van der Waals surface area (Å²) in [5, 5.41) is 15.0. The molecule has 3 N–H and O–H groups in total. The van der Waals surface area contributed by atoms with E-state index in [0.717, 1.165) is 17.8 Å². The van der Waals surface area contributed by atoms with Crippen molar-refractivity contribution in [3.8, 4) is 0 Å². The molecular formula is C16H22N2O3. The van der Waals surface area contributed by atoms with Gasteiger partial charge in [0, 0.05) is 30.6 Å². The largest absolute Gasteiger partial charge is 0.481 e. The molecule has 114 valence electrons. The lowest BCUT2D eigenvalue weighted by atomic mass is 9.96. The van der Waals surface area contributed by atoms with Crippen molar-refractivity contribution in [2.45, 2.75) is 38.6 Å². The maximum Gasteiger partial charge on any atom is 0.305 e. The molecule has 0 bridgehead atoms. The molecule has 0 aromatic heterocycles. The van der Waals surface area contributed by atoms with Gasteiger partial charge in [-0.2, -0.15) is 0 Å². The number of carbonyl (C=O) groups is 2. The summed E-state index contributed by atoms with van der Waals surface area (Å²) >= 11 is 0. The molecule has 1 aromatic rings. The van der Waals surface area contributed by atoms with E-state index in [4.69, 9.17) is 5.11 Å². The smallest absolute Gasteiger partial charge is 0.305 e. The number of para-hydroxylation sites is 1. The van der Waals surface area contributed by atoms with Crippen LogP contribution in [0.4, 0.5) is 5.69 Å². The van der Waals surface area contributed by atoms with Crippen LogP contribution in [0.25, 0.3) is 0 Å². The predicted molar refractivity (Wildman–Crippen MR) is 81.3 cm³/mol. The SMILES string of the molecule is CC(C)C(CC(=O)O)NC(=O)CC1CNc2ccccc21. The average molecular weight is 290 g/mol. The zero-order valence-corrected chi connectivity index (χ0v) is 12.4. The Hall–Kier alpha value is -2.04. The van der Waals surface area contributed by atoms with Gasteiger partial charge in [0.05, 0.1) is 6.42 Å². The zero-order valence-electron chi connectivity index (χ0n) is 12.4. The Morgan fingerprint density at radius 3 is 2.76 bits per heavy atom. The number of carboxylic acid groups (broad SMARTS) is 1. The Morgan fingerprint density at radius 1 is 1.38 bits per heavy atom. The number of aliphatic carboxylic acids is 1. The molecule has 5 nitrogen and oxygen atoms in total. The lowest BCUT2D eigenvalue weighted by molar-refractivity contribution is -0.138. The predicted octanol–water partition coefficient (Wildman–Crippen LogP) is 2.20. The number of carboxylic acids is 1. The van der Waals surface area contributed by atoms with E-state index in [1.54, 1.807) is 0 Å². The molecule has 21 heavy (non-hydrogen) atoms. The van der Waals surface area contributed by atoms with Crippen LogP contribution in [0.5, 0.6) is 0 Å². The number of hydrogen-bond donors (Lipinski definition) is 3. The van der Waals surface area contributed by atoms with Crippen LogP contribution in [-0.2, 0) is 9.59 Å². The van der Waals surface area contributed by atoms with E-state index in [1.165, 1.54) is 0 Å². The van der Waals surface area contributed by atoms with Crippen LogP contribution < -0.4 is 10.6 Å². The van der Waals surface area contributed by atoms with Gasteiger partial charge in [-0.05, 0) is 17.5 Å². The normalized spacial score (nSPS) is 18.0. The van der Waals surface area contributed by atoms with Gasteiger partial charge in [0.2, 0.25) is 5.91 Å². The van der Waals surface area contributed by atoms with Crippen molar-refractivity contribution in [3.05, 3.63) is 29.8 Å². The number of rotatable bonds is 6. The third-order valence-electron chi connectivity index (χ3n) is 3.92. The summed E-state index contributed by atoms with van der Waals surface area (Å²) in [4.78, 5) is 23.0. The Labute approximate surface area is 124 Å². The summed E-state index contributed by atoms with van der Waals surface area (Å²) in [5.41, 5.74) is 2.24. The quantitative estimate of drug-likeness (QED) is 0.750. The molecule has 1 aliphatic heterocycles. The molecule has 0 saturated heterocycles. The summed E-state index contributed by atoms with van der Waals surface area (Å²) in [6.45, 7) is 4.58. The Morgan fingerprint density at radius 2 is 2.10 bits per heavy atom. The third-order valence-corrected chi connectivity index (χ3v) is 3.92. The Bertz CT molecular complexity index is 528. The first-order chi connectivity index (χ1) is 9.97. The highest BCUT2D eigenvalue weighted by Gasteiger charge is 2.26. The van der Waals surface area contributed by atoms with Crippen LogP contribution in [0, 0.1) is 5.92 Å². The summed E-state index contributed by atoms with van der Waals surface area (Å²) in [6, 6.07) is 7.66. The second-order valence-corrected chi connectivity index (χ2v) is 5.89. The van der Waals surface area contributed by atoms with Gasteiger partial charge < -0.3 is 15.7 Å². The number of benzene rings is 1. The van der Waals surface area contributed by atoms with Crippen molar-refractivity contribution in [1.29, 1.82) is 0 Å². The van der Waals surface area contributed by atoms with Crippen LogP contribution in [0.3, 0.4) is 0 Å². The molecule has 0 saturated carbocycles. The first-order valence-electron chi connectivity index (χ1n) is 7.31. The second-order valence-electron chi connectivity index (χ2n) is 5.89. The first kappa shape index (κ1) is 15.4. The minimum Gasteiger partial charge on any atom is -0.481 e. The molecule has 0 fully saturated rings. The maximum atomic E-state index is 12.2. The molecule has 1 aromatic carbocycles. The van der Waals surface area contributed by atoms with Gasteiger partial charge in [0.25, 0.3) is 0 Å². The molecular weight excluding hydrogens is 268 g/mol. The summed E-state index contributed by atoms with van der Waals surface area (Å²) in [7, 11) is 0. The second kappa shape index (κ2) is 6.61. The van der Waals surface area contributed by atoms with Crippen LogP contribution in [-0.4, -0.2) is 29.6 Å². The van der Waals surface area contributed by atoms with Crippen molar-refractivity contribution in [2.75, 3.05) is 11.9 Å². The van der Waals surface area contributed by atoms with Crippen LogP contribution >= 0.6 is 0 Å². The first-order valence-corrected chi connectivity index (χ1v) is 7.31. The number of nitrogens with one attached hydrogen (secondary N) is 2. The number of fused-ring (bicyclic) bond motifs is 1. The molecule has 1 amide bonds.